The first-order valence-corrected chi connectivity index (χ1v) is 12.3. The Labute approximate surface area is 213 Å². The zero-order valence-corrected chi connectivity index (χ0v) is 20.8. The monoisotopic (exact) mass is 493 g/mol. The molecule has 0 saturated carbocycles. The van der Waals surface area contributed by atoms with Crippen molar-refractivity contribution in [3.63, 3.8) is 0 Å². The van der Waals surface area contributed by atoms with E-state index in [1.807, 2.05) is 60.8 Å². The Kier molecular flexibility index (Phi) is 6.85. The molecule has 37 heavy (non-hydrogen) atoms. The van der Waals surface area contributed by atoms with Gasteiger partial charge >= 0.3 is 5.69 Å². The summed E-state index contributed by atoms with van der Waals surface area (Å²) in [5, 5.41) is 14.2. The molecular formula is C28H27N7O2. The Morgan fingerprint density at radius 3 is 2.57 bits per heavy atom. The van der Waals surface area contributed by atoms with Gasteiger partial charge in [0.05, 0.1) is 12.2 Å². The first kappa shape index (κ1) is 24.1. The second-order valence-electron chi connectivity index (χ2n) is 8.87. The minimum atomic E-state index is -0.157. The summed E-state index contributed by atoms with van der Waals surface area (Å²) in [5.74, 6) is 0.357. The summed E-state index contributed by atoms with van der Waals surface area (Å²) in [6, 6.07) is 19.1. The van der Waals surface area contributed by atoms with Crippen LogP contribution >= 0.6 is 0 Å². The maximum atomic E-state index is 13.6. The number of aryl methyl sites for hydroxylation is 1. The van der Waals surface area contributed by atoms with Crippen molar-refractivity contribution in [2.24, 2.45) is 0 Å². The molecule has 1 N–H and O–H groups in total. The van der Waals surface area contributed by atoms with E-state index in [-0.39, 0.29) is 11.5 Å². The van der Waals surface area contributed by atoms with Gasteiger partial charge in [-0.15, -0.1) is 10.2 Å². The van der Waals surface area contributed by atoms with Crippen molar-refractivity contribution in [2.75, 3.05) is 0 Å². The number of tetrazole rings is 1. The summed E-state index contributed by atoms with van der Waals surface area (Å²) < 4.78 is 3.40. The second-order valence-corrected chi connectivity index (χ2v) is 8.87. The predicted octanol–water partition coefficient (Wildman–Crippen LogP) is 4.47. The van der Waals surface area contributed by atoms with Gasteiger partial charge < -0.3 is 0 Å². The van der Waals surface area contributed by atoms with Crippen molar-refractivity contribution in [1.82, 2.24) is 34.7 Å². The number of hydrogen-bond donors (Lipinski definition) is 1. The Hall–Kier alpha value is -4.66. The number of para-hydroxylation sites is 1. The number of aromatic nitrogens is 7. The topological polar surface area (TPSA) is 111 Å². The molecule has 3 heterocycles. The van der Waals surface area contributed by atoms with Crippen LogP contribution in [0.1, 0.15) is 48.3 Å². The molecule has 0 amide bonds. The highest BCUT2D eigenvalue weighted by Gasteiger charge is 2.17. The molecule has 5 rings (SSSR count). The standard InChI is InChI=1S/C28H27N7O2/c1-3-4-8-22-18-35(25-11-6-5-9-23(25)19(2)36)28(37)34(22)17-20-12-14-21(15-13-20)24-10-7-16-29-26(24)27-30-32-33-31-27/h5-7,9-16,18H,3-4,8,17H2,1-2H3,(H,30,31,32,33). The molecule has 2 aromatic carbocycles. The lowest BCUT2D eigenvalue weighted by Gasteiger charge is -2.10. The summed E-state index contributed by atoms with van der Waals surface area (Å²) in [5.41, 5.74) is 5.41. The van der Waals surface area contributed by atoms with Gasteiger partial charge in [-0.05, 0) is 54.3 Å². The SMILES string of the molecule is CCCCc1cn(-c2ccccc2C(C)=O)c(=O)n1Cc1ccc(-c2cccnc2-c2nn[nH]n2)cc1. The van der Waals surface area contributed by atoms with Crippen LogP contribution < -0.4 is 5.69 Å². The number of hydrogen-bond acceptors (Lipinski definition) is 6. The molecule has 0 bridgehead atoms. The summed E-state index contributed by atoms with van der Waals surface area (Å²) >= 11 is 0. The first-order chi connectivity index (χ1) is 18.1. The third-order valence-corrected chi connectivity index (χ3v) is 6.36. The van der Waals surface area contributed by atoms with E-state index in [1.54, 1.807) is 21.4 Å². The van der Waals surface area contributed by atoms with Crippen molar-refractivity contribution in [3.05, 3.63) is 100 Å². The zero-order valence-electron chi connectivity index (χ0n) is 20.8. The van der Waals surface area contributed by atoms with E-state index < -0.39 is 0 Å². The van der Waals surface area contributed by atoms with Crippen molar-refractivity contribution in [3.8, 4) is 28.3 Å². The highest BCUT2D eigenvalue weighted by molar-refractivity contribution is 5.97. The van der Waals surface area contributed by atoms with Crippen LogP contribution in [-0.4, -0.2) is 40.5 Å². The molecule has 0 aliphatic carbocycles. The fourth-order valence-electron chi connectivity index (χ4n) is 4.46. The van der Waals surface area contributed by atoms with Crippen LogP contribution in [0, 0.1) is 0 Å². The van der Waals surface area contributed by atoms with E-state index in [9.17, 15) is 9.59 Å². The van der Waals surface area contributed by atoms with Crippen LogP contribution in [0.2, 0.25) is 0 Å². The Balaban J connectivity index is 1.49. The molecule has 0 spiro atoms. The second kappa shape index (κ2) is 10.5. The van der Waals surface area contributed by atoms with E-state index in [4.69, 9.17) is 0 Å². The van der Waals surface area contributed by atoms with Gasteiger partial charge in [0.15, 0.2) is 5.78 Å². The minimum absolute atomic E-state index is 0.0726. The van der Waals surface area contributed by atoms with Crippen molar-refractivity contribution < 1.29 is 4.79 Å². The number of imidazole rings is 1. The molecule has 186 valence electrons. The van der Waals surface area contributed by atoms with Crippen LogP contribution in [0.25, 0.3) is 28.3 Å². The Bertz CT molecular complexity index is 1580. The number of rotatable bonds is 9. The minimum Gasteiger partial charge on any atom is -0.294 e. The molecule has 0 aliphatic heterocycles. The lowest BCUT2D eigenvalue weighted by atomic mass is 10.0. The van der Waals surface area contributed by atoms with Gasteiger partial charge in [0.1, 0.15) is 5.69 Å². The Morgan fingerprint density at radius 2 is 1.84 bits per heavy atom. The maximum absolute atomic E-state index is 13.6. The van der Waals surface area contributed by atoms with Gasteiger partial charge in [0.25, 0.3) is 0 Å². The highest BCUT2D eigenvalue weighted by atomic mass is 16.2. The van der Waals surface area contributed by atoms with Crippen molar-refractivity contribution in [2.45, 2.75) is 39.7 Å². The van der Waals surface area contributed by atoms with Gasteiger partial charge in [0, 0.05) is 29.2 Å². The molecular weight excluding hydrogens is 466 g/mol. The number of nitrogens with zero attached hydrogens (tertiary/aromatic N) is 6. The summed E-state index contributed by atoms with van der Waals surface area (Å²) in [6.45, 7) is 4.08. The van der Waals surface area contributed by atoms with Gasteiger partial charge in [-0.2, -0.15) is 5.21 Å². The van der Waals surface area contributed by atoms with E-state index in [0.29, 0.717) is 29.3 Å². The third kappa shape index (κ3) is 4.88. The van der Waals surface area contributed by atoms with Gasteiger partial charge in [-0.25, -0.2) is 4.79 Å². The number of nitrogens with one attached hydrogen (secondary N) is 1. The number of benzene rings is 2. The predicted molar refractivity (Wildman–Crippen MR) is 141 cm³/mol. The number of aromatic amines is 1. The van der Waals surface area contributed by atoms with Crippen LogP contribution in [0.4, 0.5) is 0 Å². The molecule has 0 atom stereocenters. The van der Waals surface area contributed by atoms with Gasteiger partial charge in [-0.3, -0.25) is 18.9 Å². The largest absolute Gasteiger partial charge is 0.333 e. The number of unbranched alkanes of at least 4 members (excludes halogenated alkanes) is 1. The number of carbonyl (C=O) groups excluding carboxylic acids is 1. The maximum Gasteiger partial charge on any atom is 0.333 e. The van der Waals surface area contributed by atoms with Crippen molar-refractivity contribution >= 4 is 5.78 Å². The van der Waals surface area contributed by atoms with Crippen LogP contribution in [0.3, 0.4) is 0 Å². The number of carbonyl (C=O) groups is 1. The zero-order chi connectivity index (χ0) is 25.8. The number of H-pyrrole nitrogens is 1. The van der Waals surface area contributed by atoms with E-state index in [0.717, 1.165) is 41.6 Å². The normalized spacial score (nSPS) is 11.1. The molecule has 0 unspecified atom stereocenters. The quantitative estimate of drug-likeness (QED) is 0.303. The van der Waals surface area contributed by atoms with Crippen LogP contribution in [0.15, 0.2) is 77.9 Å². The third-order valence-electron chi connectivity index (χ3n) is 6.36. The summed E-state index contributed by atoms with van der Waals surface area (Å²) in [7, 11) is 0. The number of pyridine rings is 1. The number of Topliss-reactive ketones (excluding diaryl/α,β-unsaturated/α-hetero) is 1. The smallest absolute Gasteiger partial charge is 0.294 e. The van der Waals surface area contributed by atoms with E-state index in [1.165, 1.54) is 6.92 Å². The van der Waals surface area contributed by atoms with Gasteiger partial charge in [0.2, 0.25) is 5.82 Å². The van der Waals surface area contributed by atoms with Gasteiger partial charge in [-0.1, -0.05) is 55.8 Å². The van der Waals surface area contributed by atoms with Crippen molar-refractivity contribution in [1.29, 1.82) is 0 Å². The lowest BCUT2D eigenvalue weighted by Crippen LogP contribution is -2.25. The lowest BCUT2D eigenvalue weighted by molar-refractivity contribution is 0.101. The fourth-order valence-corrected chi connectivity index (χ4v) is 4.46. The summed E-state index contributed by atoms with van der Waals surface area (Å²) in [6.07, 6.45) is 6.34. The van der Waals surface area contributed by atoms with Crippen LogP contribution in [-0.2, 0) is 13.0 Å². The molecule has 3 aromatic heterocycles. The molecule has 0 fully saturated rings. The summed E-state index contributed by atoms with van der Waals surface area (Å²) in [4.78, 5) is 30.2. The first-order valence-electron chi connectivity index (χ1n) is 12.3. The average Bonchev–Trinajstić information content (AvgIpc) is 3.57. The van der Waals surface area contributed by atoms with Crippen LogP contribution in [0.5, 0.6) is 0 Å². The molecule has 0 aliphatic rings. The van der Waals surface area contributed by atoms with E-state index >= 15 is 0 Å². The molecule has 5 aromatic rings. The molecule has 9 heteroatoms. The number of ketones is 1. The molecule has 0 radical (unpaired) electrons. The van der Waals surface area contributed by atoms with E-state index in [2.05, 4.69) is 32.5 Å². The average molecular weight is 494 g/mol. The molecule has 9 nitrogen and oxygen atoms in total. The molecule has 0 saturated heterocycles. The Morgan fingerprint density at radius 1 is 1.03 bits per heavy atom. The fraction of sp³-hybridized carbons (Fsp3) is 0.214. The highest BCUT2D eigenvalue weighted by Crippen LogP contribution is 2.28.